The predicted octanol–water partition coefficient (Wildman–Crippen LogP) is 5.34. The van der Waals surface area contributed by atoms with Crippen molar-refractivity contribution in [3.05, 3.63) is 76.5 Å². The molecule has 0 aliphatic heterocycles. The number of hydrogen-bond acceptors (Lipinski definition) is 4. The van der Waals surface area contributed by atoms with Gasteiger partial charge >= 0.3 is 0 Å². The summed E-state index contributed by atoms with van der Waals surface area (Å²) in [7, 11) is 0. The van der Waals surface area contributed by atoms with Gasteiger partial charge in [-0.1, -0.05) is 62.7 Å². The molecule has 1 aromatic heterocycles. The van der Waals surface area contributed by atoms with Crippen molar-refractivity contribution >= 4 is 11.8 Å². The van der Waals surface area contributed by atoms with E-state index in [1.807, 2.05) is 10.7 Å². The number of amides is 2. The van der Waals surface area contributed by atoms with Gasteiger partial charge in [-0.15, -0.1) is 0 Å². The van der Waals surface area contributed by atoms with Crippen LogP contribution in [-0.2, 0) is 17.9 Å². The maximum Gasteiger partial charge on any atom is 0.272 e. The number of benzene rings is 2. The van der Waals surface area contributed by atoms with Crippen molar-refractivity contribution in [1.82, 2.24) is 25.7 Å². The standard InChI is InChI=1S/C33H43N5O2/c1-21-7-10-24(11-8-21)19-38-29(25-12-9-22(2)26(15-25)18-34-20-35-23(3)39)16-28(37-38)30(40)36-31-32(4,5)27-13-14-33(31,6)17-27/h7-12,15-16,27,31,34H,13-14,17-20H2,1-6H3,(H,35,39)(H,36,40). The maximum atomic E-state index is 13.7. The fraction of sp³-hybridized carbons (Fsp3) is 0.485. The monoisotopic (exact) mass is 541 g/mol. The average Bonchev–Trinajstić information content (AvgIpc) is 3.56. The Hall–Kier alpha value is -3.45. The normalized spacial score (nSPS) is 22.9. The number of fused-ring (bicyclic) bond motifs is 2. The molecule has 2 aliphatic carbocycles. The molecule has 2 saturated carbocycles. The van der Waals surface area contributed by atoms with E-state index in [-0.39, 0.29) is 28.7 Å². The first-order valence-electron chi connectivity index (χ1n) is 14.5. The van der Waals surface area contributed by atoms with Gasteiger partial charge in [0.25, 0.3) is 5.91 Å². The lowest BCUT2D eigenvalue weighted by molar-refractivity contribution is -0.119. The maximum absolute atomic E-state index is 13.7. The molecule has 212 valence electrons. The fourth-order valence-corrected chi connectivity index (χ4v) is 7.02. The highest BCUT2D eigenvalue weighted by Crippen LogP contribution is 2.62. The minimum Gasteiger partial charge on any atom is -0.347 e. The van der Waals surface area contributed by atoms with Crippen LogP contribution in [0.15, 0.2) is 48.5 Å². The highest BCUT2D eigenvalue weighted by Gasteiger charge is 2.59. The molecule has 0 radical (unpaired) electrons. The van der Waals surface area contributed by atoms with Gasteiger partial charge in [0.05, 0.1) is 18.9 Å². The molecule has 7 nitrogen and oxygen atoms in total. The van der Waals surface area contributed by atoms with Gasteiger partial charge in [-0.2, -0.15) is 5.10 Å². The first kappa shape index (κ1) is 28.1. The van der Waals surface area contributed by atoms with E-state index >= 15 is 0 Å². The molecule has 1 heterocycles. The second-order valence-corrected chi connectivity index (χ2v) is 12.9. The van der Waals surface area contributed by atoms with E-state index in [9.17, 15) is 9.59 Å². The van der Waals surface area contributed by atoms with Crippen LogP contribution in [0.25, 0.3) is 11.3 Å². The topological polar surface area (TPSA) is 88.1 Å². The fourth-order valence-electron chi connectivity index (χ4n) is 7.02. The van der Waals surface area contributed by atoms with Crippen LogP contribution in [0.3, 0.4) is 0 Å². The third-order valence-corrected chi connectivity index (χ3v) is 9.43. The van der Waals surface area contributed by atoms with Gasteiger partial charge in [0, 0.05) is 25.1 Å². The van der Waals surface area contributed by atoms with E-state index in [1.165, 1.54) is 31.7 Å². The van der Waals surface area contributed by atoms with Crippen LogP contribution < -0.4 is 16.0 Å². The second-order valence-electron chi connectivity index (χ2n) is 12.9. The van der Waals surface area contributed by atoms with E-state index in [0.29, 0.717) is 31.4 Å². The molecule has 3 N–H and O–H groups in total. The summed E-state index contributed by atoms with van der Waals surface area (Å²) in [6, 6.07) is 16.9. The van der Waals surface area contributed by atoms with Crippen LogP contribution in [0.2, 0.25) is 0 Å². The smallest absolute Gasteiger partial charge is 0.272 e. The molecule has 3 aromatic rings. The Morgan fingerprint density at radius 1 is 1.05 bits per heavy atom. The lowest BCUT2D eigenvalue weighted by Gasteiger charge is -2.42. The second kappa shape index (κ2) is 10.8. The van der Waals surface area contributed by atoms with Gasteiger partial charge in [-0.3, -0.25) is 19.6 Å². The summed E-state index contributed by atoms with van der Waals surface area (Å²) in [6.45, 7) is 14.2. The third-order valence-electron chi connectivity index (χ3n) is 9.43. The molecule has 2 amide bonds. The van der Waals surface area contributed by atoms with Gasteiger partial charge < -0.3 is 10.6 Å². The van der Waals surface area contributed by atoms with Crippen LogP contribution in [0.4, 0.5) is 0 Å². The highest BCUT2D eigenvalue weighted by atomic mass is 16.2. The van der Waals surface area contributed by atoms with Gasteiger partial charge in [0.15, 0.2) is 5.69 Å². The molecule has 3 unspecified atom stereocenters. The summed E-state index contributed by atoms with van der Waals surface area (Å²) in [6.07, 6.45) is 3.60. The van der Waals surface area contributed by atoms with Crippen molar-refractivity contribution in [2.45, 2.75) is 79.9 Å². The van der Waals surface area contributed by atoms with E-state index in [2.05, 4.69) is 93.0 Å². The Labute approximate surface area is 238 Å². The summed E-state index contributed by atoms with van der Waals surface area (Å²) in [5, 5.41) is 14.4. The minimum absolute atomic E-state index is 0.0633. The molecule has 3 atom stereocenters. The average molecular weight is 542 g/mol. The van der Waals surface area contributed by atoms with Crippen molar-refractivity contribution < 1.29 is 9.59 Å². The number of carbonyl (C=O) groups is 2. The zero-order chi connectivity index (χ0) is 28.7. The number of hydrogen-bond donors (Lipinski definition) is 3. The van der Waals surface area contributed by atoms with Gasteiger partial charge in [0.1, 0.15) is 0 Å². The van der Waals surface area contributed by atoms with Crippen LogP contribution >= 0.6 is 0 Å². The predicted molar refractivity (Wildman–Crippen MR) is 159 cm³/mol. The third kappa shape index (κ3) is 5.57. The molecule has 2 fully saturated rings. The number of aryl methyl sites for hydroxylation is 2. The number of aromatic nitrogens is 2. The number of nitrogens with one attached hydrogen (secondary N) is 3. The van der Waals surface area contributed by atoms with Crippen LogP contribution in [0, 0.1) is 30.6 Å². The summed E-state index contributed by atoms with van der Waals surface area (Å²) in [5.74, 6) is 0.495. The van der Waals surface area contributed by atoms with E-state index in [0.717, 1.165) is 27.9 Å². The Bertz CT molecular complexity index is 1400. The molecule has 5 rings (SSSR count). The summed E-state index contributed by atoms with van der Waals surface area (Å²) >= 11 is 0. The van der Waals surface area contributed by atoms with E-state index < -0.39 is 0 Å². The molecule has 40 heavy (non-hydrogen) atoms. The number of nitrogens with zero attached hydrogens (tertiary/aromatic N) is 2. The van der Waals surface area contributed by atoms with Crippen molar-refractivity contribution in [2.24, 2.45) is 16.7 Å². The van der Waals surface area contributed by atoms with Gasteiger partial charge in [0.2, 0.25) is 5.91 Å². The Morgan fingerprint density at radius 2 is 1.80 bits per heavy atom. The van der Waals surface area contributed by atoms with Crippen molar-refractivity contribution in [3.8, 4) is 11.3 Å². The lowest BCUT2D eigenvalue weighted by Crippen LogP contribution is -2.52. The first-order chi connectivity index (χ1) is 19.0. The number of rotatable bonds is 9. The van der Waals surface area contributed by atoms with E-state index in [1.54, 1.807) is 0 Å². The SMILES string of the molecule is CC(=O)NCNCc1cc(-c2cc(C(=O)NC3C4(C)CCC(C4)C3(C)C)nn2Cc2ccc(C)cc2)ccc1C. The molecule has 0 saturated heterocycles. The van der Waals surface area contributed by atoms with Crippen molar-refractivity contribution in [1.29, 1.82) is 0 Å². The summed E-state index contributed by atoms with van der Waals surface area (Å²) in [4.78, 5) is 25.0. The zero-order valence-electron chi connectivity index (χ0n) is 24.7. The van der Waals surface area contributed by atoms with Crippen molar-refractivity contribution in [3.63, 3.8) is 0 Å². The van der Waals surface area contributed by atoms with Crippen molar-refractivity contribution in [2.75, 3.05) is 6.67 Å². The van der Waals surface area contributed by atoms with E-state index in [4.69, 9.17) is 5.10 Å². The quantitative estimate of drug-likeness (QED) is 0.252. The van der Waals surface area contributed by atoms with Crippen LogP contribution in [0.5, 0.6) is 0 Å². The Morgan fingerprint density at radius 3 is 2.48 bits per heavy atom. The lowest BCUT2D eigenvalue weighted by atomic mass is 9.68. The molecule has 2 aliphatic rings. The molecule has 7 heteroatoms. The molecular formula is C33H43N5O2. The number of carbonyl (C=O) groups excluding carboxylic acids is 2. The molecule has 2 bridgehead atoms. The first-order valence-corrected chi connectivity index (χ1v) is 14.5. The van der Waals surface area contributed by atoms with Gasteiger partial charge in [-0.05, 0) is 78.7 Å². The Balaban J connectivity index is 1.44. The minimum atomic E-state index is -0.0972. The molecule has 0 spiro atoms. The Kier molecular flexibility index (Phi) is 7.62. The van der Waals surface area contributed by atoms with Crippen LogP contribution in [0.1, 0.15) is 79.7 Å². The molecule has 2 aromatic carbocycles. The summed E-state index contributed by atoms with van der Waals surface area (Å²) in [5.41, 5.74) is 7.23. The largest absolute Gasteiger partial charge is 0.347 e. The molecular weight excluding hydrogens is 498 g/mol. The zero-order valence-corrected chi connectivity index (χ0v) is 24.7. The van der Waals surface area contributed by atoms with Crippen LogP contribution in [-0.4, -0.2) is 34.3 Å². The highest BCUT2D eigenvalue weighted by molar-refractivity contribution is 5.94. The van der Waals surface area contributed by atoms with Gasteiger partial charge in [-0.25, -0.2) is 0 Å². The summed E-state index contributed by atoms with van der Waals surface area (Å²) < 4.78 is 1.95.